The lowest BCUT2D eigenvalue weighted by Gasteiger charge is -2.32. The zero-order chi connectivity index (χ0) is 15.5. The SMILES string of the molecule is CCS(=O)(=O)N(C)CC(=O)N1CCC(N2CCCCC2)C1. The van der Waals surface area contributed by atoms with Crippen LogP contribution in [0.4, 0.5) is 0 Å². The highest BCUT2D eigenvalue weighted by atomic mass is 32.2. The Hall–Kier alpha value is -0.660. The molecule has 122 valence electrons. The maximum Gasteiger partial charge on any atom is 0.237 e. The number of nitrogens with zero attached hydrogens (tertiary/aromatic N) is 3. The van der Waals surface area contributed by atoms with E-state index in [1.165, 1.54) is 30.6 Å². The van der Waals surface area contributed by atoms with Gasteiger partial charge in [-0.3, -0.25) is 9.69 Å². The molecule has 2 saturated heterocycles. The van der Waals surface area contributed by atoms with Crippen molar-refractivity contribution in [3.05, 3.63) is 0 Å². The van der Waals surface area contributed by atoms with Crippen LogP contribution >= 0.6 is 0 Å². The van der Waals surface area contributed by atoms with Crippen LogP contribution in [0, 0.1) is 0 Å². The molecule has 1 atom stereocenters. The molecule has 2 fully saturated rings. The lowest BCUT2D eigenvalue weighted by Crippen LogP contribution is -2.44. The summed E-state index contributed by atoms with van der Waals surface area (Å²) in [7, 11) is -1.80. The number of hydrogen-bond acceptors (Lipinski definition) is 4. The summed E-state index contributed by atoms with van der Waals surface area (Å²) in [5.41, 5.74) is 0. The second-order valence-electron chi connectivity index (χ2n) is 6.04. The summed E-state index contributed by atoms with van der Waals surface area (Å²) < 4.78 is 24.6. The van der Waals surface area contributed by atoms with Gasteiger partial charge in [0.05, 0.1) is 12.3 Å². The van der Waals surface area contributed by atoms with Crippen LogP contribution < -0.4 is 0 Å². The molecule has 1 unspecified atom stereocenters. The van der Waals surface area contributed by atoms with Crippen molar-refractivity contribution >= 4 is 15.9 Å². The van der Waals surface area contributed by atoms with Crippen LogP contribution in [-0.2, 0) is 14.8 Å². The van der Waals surface area contributed by atoms with Gasteiger partial charge < -0.3 is 4.90 Å². The van der Waals surface area contributed by atoms with Gasteiger partial charge in [-0.15, -0.1) is 0 Å². The van der Waals surface area contributed by atoms with Gasteiger partial charge in [0.25, 0.3) is 0 Å². The Bertz CT molecular complexity index is 460. The van der Waals surface area contributed by atoms with Crippen LogP contribution in [-0.4, -0.2) is 80.0 Å². The van der Waals surface area contributed by atoms with Crippen molar-refractivity contribution in [1.29, 1.82) is 0 Å². The van der Waals surface area contributed by atoms with E-state index in [2.05, 4.69) is 4.90 Å². The topological polar surface area (TPSA) is 60.9 Å². The molecule has 0 spiro atoms. The van der Waals surface area contributed by atoms with E-state index in [0.717, 1.165) is 32.6 Å². The average molecular weight is 317 g/mol. The number of likely N-dealkylation sites (N-methyl/N-ethyl adjacent to an activating group) is 1. The largest absolute Gasteiger partial charge is 0.340 e. The average Bonchev–Trinajstić information content (AvgIpc) is 2.98. The smallest absolute Gasteiger partial charge is 0.237 e. The number of likely N-dealkylation sites (tertiary alicyclic amines) is 2. The van der Waals surface area contributed by atoms with Gasteiger partial charge in [-0.05, 0) is 39.3 Å². The summed E-state index contributed by atoms with van der Waals surface area (Å²) in [4.78, 5) is 16.6. The van der Waals surface area contributed by atoms with E-state index in [0.29, 0.717) is 6.04 Å². The standard InChI is InChI=1S/C14H27N3O3S/c1-3-21(19,20)15(2)12-14(18)17-10-7-13(11-17)16-8-5-4-6-9-16/h13H,3-12H2,1-2H3. The minimum absolute atomic E-state index is 0.0349. The molecule has 0 aromatic carbocycles. The number of rotatable bonds is 5. The number of sulfonamides is 1. The number of carbonyl (C=O) groups is 1. The second-order valence-corrected chi connectivity index (χ2v) is 8.40. The first-order chi connectivity index (χ1) is 9.94. The minimum Gasteiger partial charge on any atom is -0.340 e. The van der Waals surface area contributed by atoms with E-state index in [4.69, 9.17) is 0 Å². The Labute approximate surface area is 128 Å². The Balaban J connectivity index is 1.84. The fraction of sp³-hybridized carbons (Fsp3) is 0.929. The Morgan fingerprint density at radius 1 is 1.19 bits per heavy atom. The third-order valence-corrected chi connectivity index (χ3v) is 6.43. The summed E-state index contributed by atoms with van der Waals surface area (Å²) in [6.07, 6.45) is 4.82. The van der Waals surface area contributed by atoms with Gasteiger partial charge in [-0.2, -0.15) is 4.31 Å². The Morgan fingerprint density at radius 2 is 1.86 bits per heavy atom. The molecule has 2 heterocycles. The van der Waals surface area contributed by atoms with E-state index < -0.39 is 10.0 Å². The summed E-state index contributed by atoms with van der Waals surface area (Å²) in [6.45, 7) is 5.33. The molecule has 1 amide bonds. The third kappa shape index (κ3) is 4.17. The lowest BCUT2D eigenvalue weighted by atomic mass is 10.1. The first-order valence-corrected chi connectivity index (χ1v) is 9.51. The highest BCUT2D eigenvalue weighted by Crippen LogP contribution is 2.20. The molecule has 21 heavy (non-hydrogen) atoms. The van der Waals surface area contributed by atoms with Crippen molar-refractivity contribution in [3.8, 4) is 0 Å². The zero-order valence-electron chi connectivity index (χ0n) is 13.1. The number of carbonyl (C=O) groups excluding carboxylic acids is 1. The molecule has 0 aromatic rings. The monoisotopic (exact) mass is 317 g/mol. The lowest BCUT2D eigenvalue weighted by molar-refractivity contribution is -0.130. The first kappa shape index (κ1) is 16.7. The first-order valence-electron chi connectivity index (χ1n) is 7.90. The van der Waals surface area contributed by atoms with Crippen LogP contribution in [0.5, 0.6) is 0 Å². The van der Waals surface area contributed by atoms with Crippen molar-refractivity contribution < 1.29 is 13.2 Å². The van der Waals surface area contributed by atoms with Crippen molar-refractivity contribution in [2.45, 2.75) is 38.6 Å². The summed E-state index contributed by atoms with van der Waals surface area (Å²) in [5.74, 6) is -0.0401. The molecule has 0 aromatic heterocycles. The maximum absolute atomic E-state index is 12.2. The molecule has 6 nitrogen and oxygen atoms in total. The second kappa shape index (κ2) is 7.07. The maximum atomic E-state index is 12.2. The molecule has 0 radical (unpaired) electrons. The minimum atomic E-state index is -3.28. The van der Waals surface area contributed by atoms with E-state index in [9.17, 15) is 13.2 Å². The predicted octanol–water partition coefficient (Wildman–Crippen LogP) is 0.355. The Kier molecular flexibility index (Phi) is 5.62. The van der Waals surface area contributed by atoms with E-state index in [1.807, 2.05) is 4.90 Å². The molecule has 2 aliphatic rings. The number of hydrogen-bond donors (Lipinski definition) is 0. The van der Waals surface area contributed by atoms with Gasteiger partial charge in [-0.1, -0.05) is 6.42 Å². The molecular formula is C14H27N3O3S. The van der Waals surface area contributed by atoms with Crippen LogP contribution in [0.25, 0.3) is 0 Å². The fourth-order valence-corrected chi connectivity index (χ4v) is 3.91. The zero-order valence-corrected chi connectivity index (χ0v) is 13.9. The highest BCUT2D eigenvalue weighted by Gasteiger charge is 2.32. The predicted molar refractivity (Wildman–Crippen MR) is 82.5 cm³/mol. The highest BCUT2D eigenvalue weighted by molar-refractivity contribution is 7.89. The summed E-state index contributed by atoms with van der Waals surface area (Å²) in [6, 6.07) is 0.460. The van der Waals surface area contributed by atoms with Gasteiger partial charge >= 0.3 is 0 Å². The van der Waals surface area contributed by atoms with E-state index >= 15 is 0 Å². The van der Waals surface area contributed by atoms with Crippen LogP contribution in [0.15, 0.2) is 0 Å². The van der Waals surface area contributed by atoms with Gasteiger partial charge in [0.2, 0.25) is 15.9 Å². The number of amides is 1. The van der Waals surface area contributed by atoms with Gasteiger partial charge in [0, 0.05) is 26.2 Å². The van der Waals surface area contributed by atoms with Crippen molar-refractivity contribution in [2.75, 3.05) is 45.5 Å². The molecule has 0 saturated carbocycles. The van der Waals surface area contributed by atoms with E-state index in [1.54, 1.807) is 6.92 Å². The van der Waals surface area contributed by atoms with Crippen LogP contribution in [0.2, 0.25) is 0 Å². The third-order valence-electron chi connectivity index (χ3n) is 4.62. The molecule has 2 aliphatic heterocycles. The van der Waals surface area contributed by atoms with Crippen LogP contribution in [0.3, 0.4) is 0 Å². The van der Waals surface area contributed by atoms with Gasteiger partial charge in [0.15, 0.2) is 0 Å². The molecule has 0 N–H and O–H groups in total. The molecule has 2 rings (SSSR count). The van der Waals surface area contributed by atoms with E-state index in [-0.39, 0.29) is 18.2 Å². The molecular weight excluding hydrogens is 290 g/mol. The molecule has 0 aliphatic carbocycles. The van der Waals surface area contributed by atoms with Crippen molar-refractivity contribution in [3.63, 3.8) is 0 Å². The molecule has 0 bridgehead atoms. The van der Waals surface area contributed by atoms with Gasteiger partial charge in [0.1, 0.15) is 0 Å². The van der Waals surface area contributed by atoms with Gasteiger partial charge in [-0.25, -0.2) is 8.42 Å². The normalized spacial score (nSPS) is 24.7. The van der Waals surface area contributed by atoms with Crippen LogP contribution in [0.1, 0.15) is 32.6 Å². The summed E-state index contributed by atoms with van der Waals surface area (Å²) in [5, 5.41) is 0. The quantitative estimate of drug-likeness (QED) is 0.734. The van der Waals surface area contributed by atoms with Crippen molar-refractivity contribution in [2.24, 2.45) is 0 Å². The number of piperidine rings is 1. The summed E-state index contributed by atoms with van der Waals surface area (Å²) >= 11 is 0. The molecule has 7 heteroatoms. The Morgan fingerprint density at radius 3 is 2.48 bits per heavy atom. The fourth-order valence-electron chi connectivity index (χ4n) is 3.16. The van der Waals surface area contributed by atoms with Crippen molar-refractivity contribution in [1.82, 2.24) is 14.1 Å².